The highest BCUT2D eigenvalue weighted by molar-refractivity contribution is 7.15. The number of methoxy groups -OCH3 is 1. The Hall–Kier alpha value is -3.04. The minimum absolute atomic E-state index is 0.0535. The van der Waals surface area contributed by atoms with Crippen LogP contribution in [0.15, 0.2) is 29.3 Å². The second-order valence-corrected chi connectivity index (χ2v) is 8.38. The van der Waals surface area contributed by atoms with Gasteiger partial charge in [-0.15, -0.1) is 21.5 Å². The lowest BCUT2D eigenvalue weighted by atomic mass is 9.99. The smallest absolute Gasteiger partial charge is 0.337 e. The van der Waals surface area contributed by atoms with Crippen LogP contribution in [0.25, 0.3) is 5.00 Å². The second kappa shape index (κ2) is 7.66. The fraction of sp³-hybridized carbons (Fsp3) is 0.250. The van der Waals surface area contributed by atoms with Gasteiger partial charge < -0.3 is 9.84 Å². The number of hydrogen-bond acceptors (Lipinski definition) is 7. The van der Waals surface area contributed by atoms with Crippen LogP contribution in [0.2, 0.25) is 5.02 Å². The van der Waals surface area contributed by atoms with E-state index in [0.717, 1.165) is 0 Å². The summed E-state index contributed by atoms with van der Waals surface area (Å²) in [6.07, 6.45) is -0.0535. The molecule has 1 N–H and O–H groups in total. The molecule has 0 amide bonds. The number of carboxylic acids is 1. The van der Waals surface area contributed by atoms with Gasteiger partial charge in [0.15, 0.2) is 5.82 Å². The first kappa shape index (κ1) is 20.2. The van der Waals surface area contributed by atoms with E-state index in [-0.39, 0.29) is 12.0 Å². The molecule has 0 bridgehead atoms. The van der Waals surface area contributed by atoms with Crippen molar-refractivity contribution in [3.05, 3.63) is 62.5 Å². The Morgan fingerprint density at radius 2 is 1.93 bits per heavy atom. The Morgan fingerprint density at radius 3 is 2.57 bits per heavy atom. The molecule has 8 nitrogen and oxygen atoms in total. The molecule has 154 valence electrons. The summed E-state index contributed by atoms with van der Waals surface area (Å²) in [7, 11) is 1.31. The van der Waals surface area contributed by atoms with E-state index < -0.39 is 18.0 Å². The molecule has 1 atom stereocenters. The zero-order chi connectivity index (χ0) is 21.6. The largest absolute Gasteiger partial charge is 0.478 e. The third-order valence-electron chi connectivity index (χ3n) is 4.86. The zero-order valence-electron chi connectivity index (χ0n) is 16.3. The highest BCUT2D eigenvalue weighted by Gasteiger charge is 2.35. The number of halogens is 1. The number of thiophene rings is 1. The number of aromatic nitrogens is 3. The van der Waals surface area contributed by atoms with Crippen LogP contribution in [-0.2, 0) is 9.53 Å². The first-order valence-corrected chi connectivity index (χ1v) is 10.2. The highest BCUT2D eigenvalue weighted by Crippen LogP contribution is 2.40. The van der Waals surface area contributed by atoms with E-state index >= 15 is 0 Å². The van der Waals surface area contributed by atoms with Crippen molar-refractivity contribution < 1.29 is 19.4 Å². The molecule has 3 aromatic rings. The van der Waals surface area contributed by atoms with Gasteiger partial charge >= 0.3 is 11.9 Å². The predicted octanol–water partition coefficient (Wildman–Crippen LogP) is 3.75. The summed E-state index contributed by atoms with van der Waals surface area (Å²) in [5.74, 6) is -0.468. The first-order valence-electron chi connectivity index (χ1n) is 9.01. The van der Waals surface area contributed by atoms with E-state index in [2.05, 4.69) is 10.2 Å². The molecule has 1 aliphatic heterocycles. The van der Waals surface area contributed by atoms with Crippen LogP contribution in [0.1, 0.15) is 50.5 Å². The molecule has 0 spiro atoms. The standard InChI is InChI=1S/C20H17ClN4O4S/c1-9-15(20(27)28)16-17(11-4-6-12(21)7-5-11)22-13(8-14(26)29-3)18-24-23-10(2)25(18)19(16)30-9/h4-7,13H,8H2,1-3H3,(H,27,28)/t13-/m0/s1. The third kappa shape index (κ3) is 3.29. The molecular weight excluding hydrogens is 428 g/mol. The SMILES string of the molecule is COC(=O)C[C@@H]1N=C(c2ccc(Cl)cc2)c2c(sc(C)c2C(=O)O)-n2c(C)nnc21. The van der Waals surface area contributed by atoms with Gasteiger partial charge in [0.25, 0.3) is 0 Å². The molecule has 30 heavy (non-hydrogen) atoms. The Bertz CT molecular complexity index is 1200. The van der Waals surface area contributed by atoms with Gasteiger partial charge in [0.1, 0.15) is 16.9 Å². The van der Waals surface area contributed by atoms with Gasteiger partial charge in [-0.3, -0.25) is 14.4 Å². The van der Waals surface area contributed by atoms with Crippen molar-refractivity contribution in [1.29, 1.82) is 0 Å². The summed E-state index contributed by atoms with van der Waals surface area (Å²) in [6.45, 7) is 3.53. The normalized spacial score (nSPS) is 15.1. The first-order chi connectivity index (χ1) is 14.3. The second-order valence-electron chi connectivity index (χ2n) is 6.74. The van der Waals surface area contributed by atoms with Crippen LogP contribution in [0, 0.1) is 13.8 Å². The summed E-state index contributed by atoms with van der Waals surface area (Å²) in [4.78, 5) is 29.7. The maximum absolute atomic E-state index is 12.2. The maximum atomic E-state index is 12.2. The number of carbonyl (C=O) groups is 2. The molecule has 0 saturated carbocycles. The van der Waals surface area contributed by atoms with Gasteiger partial charge in [-0.05, 0) is 26.0 Å². The van der Waals surface area contributed by atoms with E-state index in [1.165, 1.54) is 18.4 Å². The van der Waals surface area contributed by atoms with Crippen molar-refractivity contribution in [2.75, 3.05) is 7.11 Å². The van der Waals surface area contributed by atoms with Crippen molar-refractivity contribution >= 4 is 40.6 Å². The average Bonchev–Trinajstić information content (AvgIpc) is 3.21. The van der Waals surface area contributed by atoms with Crippen molar-refractivity contribution in [2.24, 2.45) is 4.99 Å². The lowest BCUT2D eigenvalue weighted by Crippen LogP contribution is -2.13. The molecule has 2 aromatic heterocycles. The van der Waals surface area contributed by atoms with Crippen molar-refractivity contribution in [2.45, 2.75) is 26.3 Å². The lowest BCUT2D eigenvalue weighted by Gasteiger charge is -2.11. The monoisotopic (exact) mass is 444 g/mol. The fourth-order valence-corrected chi connectivity index (χ4v) is 4.82. The number of benzene rings is 1. The summed E-state index contributed by atoms with van der Waals surface area (Å²) < 4.78 is 6.61. The van der Waals surface area contributed by atoms with E-state index in [1.807, 2.05) is 0 Å². The molecular formula is C20H17ClN4O4S. The number of aliphatic imine (C=N–C) groups is 1. The summed E-state index contributed by atoms with van der Waals surface area (Å²) in [6, 6.07) is 6.29. The van der Waals surface area contributed by atoms with Crippen molar-refractivity contribution in [3.63, 3.8) is 0 Å². The molecule has 1 aromatic carbocycles. The molecule has 0 fully saturated rings. The maximum Gasteiger partial charge on any atom is 0.337 e. The Morgan fingerprint density at radius 1 is 1.23 bits per heavy atom. The summed E-state index contributed by atoms with van der Waals surface area (Å²) in [5, 5.41) is 19.5. The number of aromatic carboxylic acids is 1. The number of ether oxygens (including phenoxy) is 1. The van der Waals surface area contributed by atoms with Gasteiger partial charge in [0.05, 0.1) is 30.4 Å². The number of nitrogens with zero attached hydrogens (tertiary/aromatic N) is 4. The predicted molar refractivity (Wildman–Crippen MR) is 112 cm³/mol. The van der Waals surface area contributed by atoms with Gasteiger partial charge in [-0.1, -0.05) is 23.7 Å². The number of rotatable bonds is 4. The minimum Gasteiger partial charge on any atom is -0.478 e. The van der Waals surface area contributed by atoms with Crippen molar-refractivity contribution in [3.8, 4) is 5.00 Å². The zero-order valence-corrected chi connectivity index (χ0v) is 17.9. The quantitative estimate of drug-likeness (QED) is 0.614. The Labute approximate surface area is 180 Å². The third-order valence-corrected chi connectivity index (χ3v) is 6.20. The Kier molecular flexibility index (Phi) is 5.17. The summed E-state index contributed by atoms with van der Waals surface area (Å²) >= 11 is 7.37. The molecule has 0 radical (unpaired) electrons. The lowest BCUT2D eigenvalue weighted by molar-refractivity contribution is -0.141. The van der Waals surface area contributed by atoms with E-state index in [4.69, 9.17) is 21.3 Å². The molecule has 1 aliphatic rings. The van der Waals surface area contributed by atoms with E-state index in [1.54, 1.807) is 42.7 Å². The van der Waals surface area contributed by atoms with E-state index in [0.29, 0.717) is 43.4 Å². The van der Waals surface area contributed by atoms with Crippen molar-refractivity contribution in [1.82, 2.24) is 14.8 Å². The van der Waals surface area contributed by atoms with Gasteiger partial charge in [-0.2, -0.15) is 0 Å². The molecule has 3 heterocycles. The van der Waals surface area contributed by atoms with Crippen LogP contribution in [0.4, 0.5) is 0 Å². The van der Waals surface area contributed by atoms with Crippen LogP contribution >= 0.6 is 22.9 Å². The van der Waals surface area contributed by atoms with Crippen LogP contribution < -0.4 is 0 Å². The average molecular weight is 445 g/mol. The van der Waals surface area contributed by atoms with E-state index in [9.17, 15) is 14.7 Å². The Balaban J connectivity index is 2.06. The number of fused-ring (bicyclic) bond motifs is 3. The number of hydrogen-bond donors (Lipinski definition) is 1. The summed E-state index contributed by atoms with van der Waals surface area (Å²) in [5.41, 5.74) is 1.79. The van der Waals surface area contributed by atoms with Crippen LogP contribution in [0.5, 0.6) is 0 Å². The topological polar surface area (TPSA) is 107 Å². The van der Waals surface area contributed by atoms with Crippen LogP contribution in [-0.4, -0.2) is 44.6 Å². The van der Waals surface area contributed by atoms with Gasteiger partial charge in [0.2, 0.25) is 0 Å². The number of aryl methyl sites for hydroxylation is 2. The van der Waals surface area contributed by atoms with Crippen LogP contribution in [0.3, 0.4) is 0 Å². The molecule has 0 saturated heterocycles. The van der Waals surface area contributed by atoms with Gasteiger partial charge in [-0.25, -0.2) is 4.79 Å². The molecule has 0 unspecified atom stereocenters. The molecule has 10 heteroatoms. The minimum atomic E-state index is -1.05. The highest BCUT2D eigenvalue weighted by atomic mass is 35.5. The molecule has 0 aliphatic carbocycles. The van der Waals surface area contributed by atoms with Gasteiger partial charge in [0, 0.05) is 15.5 Å². The number of carboxylic acid groups (broad SMARTS) is 1. The number of carbonyl (C=O) groups excluding carboxylic acids is 1. The number of esters is 1. The fourth-order valence-electron chi connectivity index (χ4n) is 3.49. The molecule has 4 rings (SSSR count).